The van der Waals surface area contributed by atoms with Crippen LogP contribution in [0.15, 0.2) is 48.5 Å². The molecule has 0 aliphatic heterocycles. The van der Waals surface area contributed by atoms with Crippen LogP contribution in [-0.2, 0) is 24.2 Å². The topological polar surface area (TPSA) is 97.7 Å². The fourth-order valence-electron chi connectivity index (χ4n) is 3.46. The maximum absolute atomic E-state index is 12.1. The number of carboxylic acid groups (broad SMARTS) is 1. The van der Waals surface area contributed by atoms with Crippen LogP contribution in [0.3, 0.4) is 0 Å². The molecule has 1 atom stereocenters. The molecule has 142 valence electrons. The van der Waals surface area contributed by atoms with Crippen LogP contribution in [0.4, 0.5) is 0 Å². The van der Waals surface area contributed by atoms with E-state index < -0.39 is 39.9 Å². The first-order valence-electron chi connectivity index (χ1n) is 8.50. The molecule has 1 aliphatic rings. The van der Waals surface area contributed by atoms with Crippen molar-refractivity contribution in [2.45, 2.75) is 12.3 Å². The SMILES string of the molecule is CS(=O)(=O)C[C@H](CC(=O)OCC1c2ccccc2-c2ccccc21)C(=O)O. The minimum Gasteiger partial charge on any atom is -0.481 e. The lowest BCUT2D eigenvalue weighted by atomic mass is 9.98. The van der Waals surface area contributed by atoms with Crippen molar-refractivity contribution in [1.29, 1.82) is 0 Å². The zero-order valence-corrected chi connectivity index (χ0v) is 15.6. The normalized spacial score (nSPS) is 14.3. The molecule has 27 heavy (non-hydrogen) atoms. The van der Waals surface area contributed by atoms with Crippen LogP contribution < -0.4 is 0 Å². The Bertz CT molecular complexity index is 934. The number of carbonyl (C=O) groups is 2. The van der Waals surface area contributed by atoms with Crippen LogP contribution in [0, 0.1) is 5.92 Å². The van der Waals surface area contributed by atoms with E-state index in [-0.39, 0.29) is 12.5 Å². The summed E-state index contributed by atoms with van der Waals surface area (Å²) < 4.78 is 28.0. The molecule has 0 heterocycles. The predicted octanol–water partition coefficient (Wildman–Crippen LogP) is 2.48. The van der Waals surface area contributed by atoms with Gasteiger partial charge in [-0.05, 0) is 22.3 Å². The van der Waals surface area contributed by atoms with Crippen molar-refractivity contribution in [2.75, 3.05) is 18.6 Å². The maximum atomic E-state index is 12.1. The van der Waals surface area contributed by atoms with E-state index in [1.54, 1.807) is 0 Å². The second kappa shape index (κ2) is 7.52. The van der Waals surface area contributed by atoms with Gasteiger partial charge in [-0.2, -0.15) is 0 Å². The summed E-state index contributed by atoms with van der Waals surface area (Å²) in [6.45, 7) is 0.0814. The van der Waals surface area contributed by atoms with Gasteiger partial charge in [0, 0.05) is 12.2 Å². The van der Waals surface area contributed by atoms with Crippen molar-refractivity contribution >= 4 is 21.8 Å². The molecule has 0 radical (unpaired) electrons. The molecule has 3 rings (SSSR count). The van der Waals surface area contributed by atoms with Crippen LogP contribution in [0.5, 0.6) is 0 Å². The first-order valence-corrected chi connectivity index (χ1v) is 10.6. The Hall–Kier alpha value is -2.67. The fourth-order valence-corrected chi connectivity index (χ4v) is 4.45. The largest absolute Gasteiger partial charge is 0.481 e. The number of fused-ring (bicyclic) bond motifs is 3. The standard InChI is InChI=1S/C20H20O6S/c1-27(24,25)12-13(20(22)23)10-19(21)26-11-18-16-8-4-2-6-14(16)15-7-3-5-9-17(15)18/h2-9,13,18H,10-12H2,1H3,(H,22,23)/t13-/m0/s1. The van der Waals surface area contributed by atoms with Gasteiger partial charge in [-0.3, -0.25) is 9.59 Å². The highest BCUT2D eigenvalue weighted by atomic mass is 32.2. The molecule has 0 fully saturated rings. The molecular formula is C20H20O6S. The second-order valence-electron chi connectivity index (χ2n) is 6.74. The van der Waals surface area contributed by atoms with Crippen molar-refractivity contribution in [3.8, 4) is 11.1 Å². The molecular weight excluding hydrogens is 368 g/mol. The van der Waals surface area contributed by atoms with E-state index in [0.717, 1.165) is 28.5 Å². The molecule has 2 aromatic carbocycles. The Morgan fingerprint density at radius 3 is 2.04 bits per heavy atom. The van der Waals surface area contributed by atoms with Gasteiger partial charge in [-0.25, -0.2) is 8.42 Å². The van der Waals surface area contributed by atoms with Crippen molar-refractivity contribution in [2.24, 2.45) is 5.92 Å². The highest BCUT2D eigenvalue weighted by Gasteiger charge is 2.30. The quantitative estimate of drug-likeness (QED) is 0.732. The molecule has 1 aliphatic carbocycles. The van der Waals surface area contributed by atoms with Gasteiger partial charge in [0.2, 0.25) is 0 Å². The summed E-state index contributed by atoms with van der Waals surface area (Å²) in [6.07, 6.45) is 0.471. The highest BCUT2D eigenvalue weighted by molar-refractivity contribution is 7.90. The van der Waals surface area contributed by atoms with Gasteiger partial charge < -0.3 is 9.84 Å². The third-order valence-corrected chi connectivity index (χ3v) is 5.65. The molecule has 0 bridgehead atoms. The molecule has 0 unspecified atom stereocenters. The Kier molecular flexibility index (Phi) is 5.32. The summed E-state index contributed by atoms with van der Waals surface area (Å²) in [5.74, 6) is -4.07. The van der Waals surface area contributed by atoms with Crippen LogP contribution >= 0.6 is 0 Å². The molecule has 6 nitrogen and oxygen atoms in total. The highest BCUT2D eigenvalue weighted by Crippen LogP contribution is 2.44. The van der Waals surface area contributed by atoms with Crippen molar-refractivity contribution < 1.29 is 27.9 Å². The lowest BCUT2D eigenvalue weighted by molar-refractivity contribution is -0.151. The monoisotopic (exact) mass is 388 g/mol. The van der Waals surface area contributed by atoms with Gasteiger partial charge in [-0.1, -0.05) is 48.5 Å². The minimum atomic E-state index is -3.51. The van der Waals surface area contributed by atoms with Crippen molar-refractivity contribution in [3.63, 3.8) is 0 Å². The number of carboxylic acids is 1. The number of sulfone groups is 1. The van der Waals surface area contributed by atoms with E-state index in [1.165, 1.54) is 0 Å². The number of esters is 1. The Labute approximate surface area is 157 Å². The van der Waals surface area contributed by atoms with Gasteiger partial charge in [0.05, 0.1) is 18.1 Å². The van der Waals surface area contributed by atoms with Gasteiger partial charge in [0.25, 0.3) is 0 Å². The van der Waals surface area contributed by atoms with E-state index >= 15 is 0 Å². The van der Waals surface area contributed by atoms with E-state index in [0.29, 0.717) is 0 Å². The number of hydrogen-bond donors (Lipinski definition) is 1. The number of hydrogen-bond acceptors (Lipinski definition) is 5. The summed E-state index contributed by atoms with van der Waals surface area (Å²) in [5.41, 5.74) is 4.29. The number of carbonyl (C=O) groups excluding carboxylic acids is 1. The maximum Gasteiger partial charge on any atom is 0.308 e. The lowest BCUT2D eigenvalue weighted by Crippen LogP contribution is -2.27. The number of rotatable bonds is 7. The van der Waals surface area contributed by atoms with Crippen molar-refractivity contribution in [1.82, 2.24) is 0 Å². The summed E-state index contributed by atoms with van der Waals surface area (Å²) in [6, 6.07) is 15.7. The molecule has 0 spiro atoms. The van der Waals surface area contributed by atoms with Crippen LogP contribution in [-0.4, -0.2) is 44.1 Å². The lowest BCUT2D eigenvalue weighted by Gasteiger charge is -2.15. The van der Waals surface area contributed by atoms with Gasteiger partial charge in [0.15, 0.2) is 0 Å². The van der Waals surface area contributed by atoms with Crippen LogP contribution in [0.1, 0.15) is 23.5 Å². The average Bonchev–Trinajstić information content (AvgIpc) is 2.92. The first-order chi connectivity index (χ1) is 12.8. The molecule has 0 aromatic heterocycles. The van der Waals surface area contributed by atoms with E-state index in [1.807, 2.05) is 48.5 Å². The van der Waals surface area contributed by atoms with Crippen LogP contribution in [0.2, 0.25) is 0 Å². The molecule has 0 amide bonds. The third-order valence-electron chi connectivity index (χ3n) is 4.64. The average molecular weight is 388 g/mol. The Morgan fingerprint density at radius 1 is 1.04 bits per heavy atom. The van der Waals surface area contributed by atoms with Gasteiger partial charge in [-0.15, -0.1) is 0 Å². The van der Waals surface area contributed by atoms with Crippen molar-refractivity contribution in [3.05, 3.63) is 59.7 Å². The van der Waals surface area contributed by atoms with Crippen LogP contribution in [0.25, 0.3) is 11.1 Å². The van der Waals surface area contributed by atoms with E-state index in [9.17, 15) is 18.0 Å². The summed E-state index contributed by atoms with van der Waals surface area (Å²) in [5, 5.41) is 9.15. The summed E-state index contributed by atoms with van der Waals surface area (Å²) in [7, 11) is -3.51. The Morgan fingerprint density at radius 2 is 1.56 bits per heavy atom. The smallest absolute Gasteiger partial charge is 0.308 e. The molecule has 1 N–H and O–H groups in total. The third kappa shape index (κ3) is 4.36. The molecule has 7 heteroatoms. The summed E-state index contributed by atoms with van der Waals surface area (Å²) >= 11 is 0. The number of ether oxygens (including phenoxy) is 1. The minimum absolute atomic E-state index is 0.0814. The second-order valence-corrected chi connectivity index (χ2v) is 8.93. The molecule has 0 saturated heterocycles. The summed E-state index contributed by atoms with van der Waals surface area (Å²) in [4.78, 5) is 23.4. The number of benzene rings is 2. The number of aliphatic carboxylic acids is 1. The zero-order chi connectivity index (χ0) is 19.6. The van der Waals surface area contributed by atoms with E-state index in [4.69, 9.17) is 9.84 Å². The first kappa shape index (κ1) is 19.1. The molecule has 2 aromatic rings. The Balaban J connectivity index is 1.71. The predicted molar refractivity (Wildman–Crippen MR) is 100 cm³/mol. The van der Waals surface area contributed by atoms with Gasteiger partial charge in [0.1, 0.15) is 16.4 Å². The molecule has 0 saturated carbocycles. The van der Waals surface area contributed by atoms with Gasteiger partial charge >= 0.3 is 11.9 Å². The fraction of sp³-hybridized carbons (Fsp3) is 0.300. The zero-order valence-electron chi connectivity index (χ0n) is 14.8. The van der Waals surface area contributed by atoms with E-state index in [2.05, 4.69) is 0 Å².